The van der Waals surface area contributed by atoms with E-state index in [1.807, 2.05) is 28.6 Å². The van der Waals surface area contributed by atoms with Gasteiger partial charge in [-0.15, -0.1) is 0 Å². The van der Waals surface area contributed by atoms with Crippen molar-refractivity contribution in [3.63, 3.8) is 0 Å². The molecule has 0 unspecified atom stereocenters. The van der Waals surface area contributed by atoms with Gasteiger partial charge in [0.1, 0.15) is 12.4 Å². The number of imidazole rings is 1. The number of nitrogens with zero attached hydrogens (tertiary/aromatic N) is 2. The van der Waals surface area contributed by atoms with E-state index < -0.39 is 0 Å². The second kappa shape index (κ2) is 2.52. The van der Waals surface area contributed by atoms with E-state index >= 15 is 0 Å². The van der Waals surface area contributed by atoms with E-state index in [2.05, 4.69) is 13.2 Å². The van der Waals surface area contributed by atoms with E-state index in [0.29, 0.717) is 0 Å². The van der Waals surface area contributed by atoms with Gasteiger partial charge < -0.3 is 0 Å². The molecule has 0 aliphatic rings. The average Bonchev–Trinajstić information content (AvgIpc) is 2.30. The lowest BCUT2D eigenvalue weighted by Crippen LogP contribution is -2.29. The van der Waals surface area contributed by atoms with Gasteiger partial charge in [-0.3, -0.25) is 0 Å². The van der Waals surface area contributed by atoms with Gasteiger partial charge in [-0.1, -0.05) is 13.2 Å². The Morgan fingerprint density at radius 2 is 2.30 bits per heavy atom. The molecule has 0 bridgehead atoms. The molecule has 0 saturated heterocycles. The fraction of sp³-hybridized carbons (Fsp3) is 0.125. The van der Waals surface area contributed by atoms with Crippen LogP contribution in [0.5, 0.6) is 0 Å². The quantitative estimate of drug-likeness (QED) is 0.536. The Morgan fingerprint density at radius 1 is 1.60 bits per heavy atom. The largest absolute Gasteiger partial charge is 0.285 e. The fourth-order valence-electron chi connectivity index (χ4n) is 0.910. The SMILES string of the molecule is C=Cc1n(C=C)cc[n+]1C. The summed E-state index contributed by atoms with van der Waals surface area (Å²) in [7, 11) is 1.97. The molecule has 1 aromatic heterocycles. The highest BCUT2D eigenvalue weighted by Crippen LogP contribution is 1.95. The Balaban J connectivity index is 3.25. The molecule has 1 aromatic rings. The van der Waals surface area contributed by atoms with Crippen molar-refractivity contribution in [2.24, 2.45) is 7.05 Å². The predicted molar refractivity (Wildman–Crippen MR) is 42.1 cm³/mol. The molecule has 0 aliphatic heterocycles. The van der Waals surface area contributed by atoms with Gasteiger partial charge in [0.2, 0.25) is 0 Å². The normalized spacial score (nSPS) is 9.30. The van der Waals surface area contributed by atoms with Gasteiger partial charge in [-0.2, -0.15) is 0 Å². The number of aryl methyl sites for hydroxylation is 1. The van der Waals surface area contributed by atoms with Gasteiger partial charge in [-0.25, -0.2) is 9.13 Å². The molecule has 0 radical (unpaired) electrons. The highest BCUT2D eigenvalue weighted by molar-refractivity contribution is 5.38. The third kappa shape index (κ3) is 0.880. The maximum Gasteiger partial charge on any atom is 0.285 e. The zero-order chi connectivity index (χ0) is 7.56. The molecular weight excluding hydrogens is 124 g/mol. The lowest BCUT2D eigenvalue weighted by atomic mass is 10.6. The standard InChI is InChI=1S/C8H11N2/c1-4-8-9(3)6-7-10(8)5-2/h4-7H,1-2H2,3H3/q+1. The summed E-state index contributed by atoms with van der Waals surface area (Å²) in [5.74, 6) is 1.04. The molecule has 2 nitrogen and oxygen atoms in total. The zero-order valence-corrected chi connectivity index (χ0v) is 6.12. The van der Waals surface area contributed by atoms with E-state index in [9.17, 15) is 0 Å². The molecule has 0 amide bonds. The van der Waals surface area contributed by atoms with Crippen molar-refractivity contribution in [1.29, 1.82) is 0 Å². The first kappa shape index (κ1) is 6.81. The summed E-state index contributed by atoms with van der Waals surface area (Å²) in [4.78, 5) is 0. The van der Waals surface area contributed by atoms with Crippen molar-refractivity contribution >= 4 is 12.3 Å². The first-order valence-electron chi connectivity index (χ1n) is 3.11. The lowest BCUT2D eigenvalue weighted by molar-refractivity contribution is -0.672. The molecule has 52 valence electrons. The van der Waals surface area contributed by atoms with Crippen LogP contribution in [0.3, 0.4) is 0 Å². The van der Waals surface area contributed by atoms with Crippen molar-refractivity contribution in [3.8, 4) is 0 Å². The molecule has 0 spiro atoms. The van der Waals surface area contributed by atoms with E-state index in [4.69, 9.17) is 0 Å². The second-order valence-corrected chi connectivity index (χ2v) is 2.06. The van der Waals surface area contributed by atoms with Crippen LogP contribution in [0.4, 0.5) is 0 Å². The maximum atomic E-state index is 3.68. The molecule has 0 saturated carbocycles. The van der Waals surface area contributed by atoms with E-state index in [-0.39, 0.29) is 0 Å². The topological polar surface area (TPSA) is 8.81 Å². The van der Waals surface area contributed by atoms with Crippen LogP contribution in [-0.4, -0.2) is 4.57 Å². The van der Waals surface area contributed by atoms with Crippen LogP contribution in [0.15, 0.2) is 25.6 Å². The predicted octanol–water partition coefficient (Wildman–Crippen LogP) is 1.06. The minimum Gasteiger partial charge on any atom is -0.233 e. The summed E-state index contributed by atoms with van der Waals surface area (Å²) in [6.07, 6.45) is 7.43. The maximum absolute atomic E-state index is 3.68. The van der Waals surface area contributed by atoms with Crippen molar-refractivity contribution in [2.75, 3.05) is 0 Å². The Labute approximate surface area is 60.7 Å². The molecule has 0 aliphatic carbocycles. The Kier molecular flexibility index (Phi) is 1.71. The van der Waals surface area contributed by atoms with Gasteiger partial charge >= 0.3 is 0 Å². The monoisotopic (exact) mass is 135 g/mol. The Bertz CT molecular complexity index is 258. The lowest BCUT2D eigenvalue weighted by Gasteiger charge is -1.87. The van der Waals surface area contributed by atoms with Gasteiger partial charge in [0.05, 0.1) is 13.2 Å². The van der Waals surface area contributed by atoms with Gasteiger partial charge in [0.15, 0.2) is 0 Å². The highest BCUT2D eigenvalue weighted by Gasteiger charge is 2.05. The fourth-order valence-corrected chi connectivity index (χ4v) is 0.910. The molecule has 0 N–H and O–H groups in total. The van der Waals surface area contributed by atoms with Gasteiger partial charge in [0, 0.05) is 6.08 Å². The molecule has 0 fully saturated rings. The van der Waals surface area contributed by atoms with Gasteiger partial charge in [-0.05, 0) is 0 Å². The number of hydrogen-bond acceptors (Lipinski definition) is 0. The molecule has 2 heteroatoms. The Hall–Kier alpha value is -1.31. The third-order valence-electron chi connectivity index (χ3n) is 1.46. The molecule has 10 heavy (non-hydrogen) atoms. The summed E-state index contributed by atoms with van der Waals surface area (Å²) in [6.45, 7) is 7.34. The minimum absolute atomic E-state index is 1.04. The summed E-state index contributed by atoms with van der Waals surface area (Å²) in [5, 5.41) is 0. The minimum atomic E-state index is 1.04. The summed E-state index contributed by atoms with van der Waals surface area (Å²) < 4.78 is 3.89. The molecule has 0 atom stereocenters. The van der Waals surface area contributed by atoms with Gasteiger partial charge in [0.25, 0.3) is 5.82 Å². The van der Waals surface area contributed by atoms with Crippen LogP contribution >= 0.6 is 0 Å². The molecule has 0 aromatic carbocycles. The van der Waals surface area contributed by atoms with Crippen molar-refractivity contribution in [1.82, 2.24) is 4.57 Å². The van der Waals surface area contributed by atoms with E-state index in [0.717, 1.165) is 5.82 Å². The smallest absolute Gasteiger partial charge is 0.233 e. The number of hydrogen-bond donors (Lipinski definition) is 0. The summed E-state index contributed by atoms with van der Waals surface area (Å²) >= 11 is 0. The molecular formula is C8H11N2+. The zero-order valence-electron chi connectivity index (χ0n) is 6.12. The second-order valence-electron chi connectivity index (χ2n) is 2.06. The van der Waals surface area contributed by atoms with Crippen molar-refractivity contribution in [2.45, 2.75) is 0 Å². The van der Waals surface area contributed by atoms with Crippen molar-refractivity contribution in [3.05, 3.63) is 31.4 Å². The summed E-state index contributed by atoms with van der Waals surface area (Å²) in [5.41, 5.74) is 0. The van der Waals surface area contributed by atoms with Crippen LogP contribution in [0.1, 0.15) is 5.82 Å². The Morgan fingerprint density at radius 3 is 2.70 bits per heavy atom. The van der Waals surface area contributed by atoms with Crippen LogP contribution in [-0.2, 0) is 7.05 Å². The summed E-state index contributed by atoms with van der Waals surface area (Å²) in [6, 6.07) is 0. The molecule has 1 heterocycles. The van der Waals surface area contributed by atoms with Crippen LogP contribution in [0.25, 0.3) is 12.3 Å². The van der Waals surface area contributed by atoms with Crippen LogP contribution < -0.4 is 4.57 Å². The number of aromatic nitrogens is 2. The first-order valence-corrected chi connectivity index (χ1v) is 3.11. The first-order chi connectivity index (χ1) is 4.79. The van der Waals surface area contributed by atoms with Crippen LogP contribution in [0, 0.1) is 0 Å². The average molecular weight is 135 g/mol. The highest BCUT2D eigenvalue weighted by atomic mass is 15.1. The number of rotatable bonds is 2. The third-order valence-corrected chi connectivity index (χ3v) is 1.46. The van der Waals surface area contributed by atoms with E-state index in [1.54, 1.807) is 12.3 Å². The molecule has 1 rings (SSSR count). The van der Waals surface area contributed by atoms with E-state index in [1.165, 1.54) is 0 Å². The van der Waals surface area contributed by atoms with Crippen LogP contribution in [0.2, 0.25) is 0 Å². The van der Waals surface area contributed by atoms with Crippen molar-refractivity contribution < 1.29 is 4.57 Å².